The van der Waals surface area contributed by atoms with Gasteiger partial charge < -0.3 is 14.8 Å². The fourth-order valence-corrected chi connectivity index (χ4v) is 3.24. The van der Waals surface area contributed by atoms with Gasteiger partial charge in [-0.1, -0.05) is 18.2 Å². The number of likely N-dealkylation sites (N-methyl/N-ethyl adjacent to an activating group) is 1. The van der Waals surface area contributed by atoms with Crippen LogP contribution in [0.4, 0.5) is 5.69 Å². The molecule has 1 aromatic carbocycles. The molecule has 1 aromatic heterocycles. The summed E-state index contributed by atoms with van der Waals surface area (Å²) in [6, 6.07) is 7.41. The van der Waals surface area contributed by atoms with Crippen molar-refractivity contribution in [3.05, 3.63) is 36.3 Å². The van der Waals surface area contributed by atoms with E-state index in [0.29, 0.717) is 0 Å². The first-order valence-electron chi connectivity index (χ1n) is 7.89. The van der Waals surface area contributed by atoms with Crippen LogP contribution in [0.1, 0.15) is 18.4 Å². The van der Waals surface area contributed by atoms with Gasteiger partial charge in [-0.05, 0) is 31.9 Å². The predicted octanol–water partition coefficient (Wildman–Crippen LogP) is 2.61. The van der Waals surface area contributed by atoms with Crippen molar-refractivity contribution in [3.63, 3.8) is 0 Å². The molecule has 2 aliphatic rings. The minimum Gasteiger partial charge on any atom is -0.384 e. The second-order valence-electron chi connectivity index (χ2n) is 6.20. The van der Waals surface area contributed by atoms with Gasteiger partial charge in [0.05, 0.1) is 18.2 Å². The van der Waals surface area contributed by atoms with E-state index >= 15 is 0 Å². The van der Waals surface area contributed by atoms with Crippen LogP contribution in [0, 0.1) is 0 Å². The molecule has 1 aliphatic carbocycles. The molecule has 4 nitrogen and oxygen atoms in total. The molecular weight excluding hydrogens is 260 g/mol. The van der Waals surface area contributed by atoms with E-state index in [1.54, 1.807) is 0 Å². The lowest BCUT2D eigenvalue weighted by Gasteiger charge is -2.17. The van der Waals surface area contributed by atoms with Gasteiger partial charge >= 0.3 is 0 Å². The molecule has 0 bridgehead atoms. The molecule has 0 saturated heterocycles. The van der Waals surface area contributed by atoms with Gasteiger partial charge in [0.15, 0.2) is 0 Å². The molecule has 2 aromatic rings. The highest BCUT2D eigenvalue weighted by Crippen LogP contribution is 2.34. The zero-order valence-corrected chi connectivity index (χ0v) is 12.5. The standard InChI is InChI=1S/C17H22N4/c1-20(14-5-6-14)9-10-21-12-18-11-16(21)15-4-2-3-13-7-8-19-17(13)15/h2-4,11-12,14,19H,5-10H2,1H3. The summed E-state index contributed by atoms with van der Waals surface area (Å²) in [5.74, 6) is 0. The second kappa shape index (κ2) is 5.19. The van der Waals surface area contributed by atoms with Crippen molar-refractivity contribution in [1.82, 2.24) is 14.5 Å². The van der Waals surface area contributed by atoms with Crippen LogP contribution in [0.2, 0.25) is 0 Å². The molecule has 0 unspecified atom stereocenters. The third-order valence-electron chi connectivity index (χ3n) is 4.70. The summed E-state index contributed by atoms with van der Waals surface area (Å²) in [6.07, 6.45) is 7.81. The van der Waals surface area contributed by atoms with Crippen LogP contribution in [0.3, 0.4) is 0 Å². The predicted molar refractivity (Wildman–Crippen MR) is 85.5 cm³/mol. The van der Waals surface area contributed by atoms with Gasteiger partial charge in [0.2, 0.25) is 0 Å². The SMILES string of the molecule is CN(CCn1cncc1-c1cccc2c1NCC2)C1CC1. The minimum atomic E-state index is 0.819. The number of rotatable bonds is 5. The first kappa shape index (κ1) is 12.9. The average molecular weight is 282 g/mol. The van der Waals surface area contributed by atoms with E-state index in [1.807, 2.05) is 12.5 Å². The Morgan fingerprint density at radius 2 is 2.29 bits per heavy atom. The molecule has 0 radical (unpaired) electrons. The summed E-state index contributed by atoms with van der Waals surface area (Å²) >= 11 is 0. The maximum atomic E-state index is 4.38. The van der Waals surface area contributed by atoms with Crippen molar-refractivity contribution < 1.29 is 0 Å². The lowest BCUT2D eigenvalue weighted by Crippen LogP contribution is -2.25. The number of imidazole rings is 1. The first-order chi connectivity index (χ1) is 10.3. The maximum absolute atomic E-state index is 4.38. The maximum Gasteiger partial charge on any atom is 0.0951 e. The number of aromatic nitrogens is 2. The molecule has 1 fully saturated rings. The van der Waals surface area contributed by atoms with E-state index < -0.39 is 0 Å². The molecular formula is C17H22N4. The smallest absolute Gasteiger partial charge is 0.0951 e. The Bertz CT molecular complexity index is 642. The second-order valence-corrected chi connectivity index (χ2v) is 6.20. The van der Waals surface area contributed by atoms with Gasteiger partial charge in [0, 0.05) is 36.9 Å². The van der Waals surface area contributed by atoms with E-state index in [9.17, 15) is 0 Å². The summed E-state index contributed by atoms with van der Waals surface area (Å²) in [4.78, 5) is 6.85. The molecule has 0 amide bonds. The van der Waals surface area contributed by atoms with Crippen LogP contribution < -0.4 is 5.32 Å². The Balaban J connectivity index is 1.58. The highest BCUT2D eigenvalue weighted by atomic mass is 15.2. The van der Waals surface area contributed by atoms with Gasteiger partial charge in [0.25, 0.3) is 0 Å². The zero-order chi connectivity index (χ0) is 14.2. The lowest BCUT2D eigenvalue weighted by atomic mass is 10.1. The van der Waals surface area contributed by atoms with Crippen LogP contribution >= 0.6 is 0 Å². The van der Waals surface area contributed by atoms with Gasteiger partial charge in [-0.2, -0.15) is 0 Å². The third-order valence-corrected chi connectivity index (χ3v) is 4.70. The number of anilines is 1. The van der Waals surface area contributed by atoms with Crippen LogP contribution in [0.5, 0.6) is 0 Å². The summed E-state index contributed by atoms with van der Waals surface area (Å²) in [5, 5.41) is 3.53. The zero-order valence-electron chi connectivity index (χ0n) is 12.5. The normalized spacial score (nSPS) is 17.0. The Morgan fingerprint density at radius 3 is 3.14 bits per heavy atom. The van der Waals surface area contributed by atoms with Crippen molar-refractivity contribution in [3.8, 4) is 11.3 Å². The molecule has 2 heterocycles. The van der Waals surface area contributed by atoms with Crippen molar-refractivity contribution in [1.29, 1.82) is 0 Å². The number of hydrogen-bond donors (Lipinski definition) is 1. The molecule has 110 valence electrons. The van der Waals surface area contributed by atoms with E-state index in [0.717, 1.165) is 32.1 Å². The fraction of sp³-hybridized carbons (Fsp3) is 0.471. The monoisotopic (exact) mass is 282 g/mol. The summed E-state index contributed by atoms with van der Waals surface area (Å²) < 4.78 is 2.29. The Hall–Kier alpha value is -1.81. The van der Waals surface area contributed by atoms with E-state index in [2.05, 4.69) is 45.0 Å². The molecule has 4 rings (SSSR count). The summed E-state index contributed by atoms with van der Waals surface area (Å²) in [5.41, 5.74) is 5.24. The molecule has 0 atom stereocenters. The number of nitrogens with one attached hydrogen (secondary N) is 1. The quantitative estimate of drug-likeness (QED) is 0.915. The highest BCUT2D eigenvalue weighted by molar-refractivity contribution is 5.79. The molecule has 1 saturated carbocycles. The van der Waals surface area contributed by atoms with E-state index in [1.165, 1.54) is 35.3 Å². The van der Waals surface area contributed by atoms with Crippen molar-refractivity contribution in [2.45, 2.75) is 31.8 Å². The van der Waals surface area contributed by atoms with Gasteiger partial charge in [-0.25, -0.2) is 4.98 Å². The summed E-state index contributed by atoms with van der Waals surface area (Å²) in [7, 11) is 2.23. The van der Waals surface area contributed by atoms with Gasteiger partial charge in [0.1, 0.15) is 0 Å². The molecule has 1 aliphatic heterocycles. The fourth-order valence-electron chi connectivity index (χ4n) is 3.24. The van der Waals surface area contributed by atoms with Crippen molar-refractivity contribution in [2.24, 2.45) is 0 Å². The van der Waals surface area contributed by atoms with Crippen LogP contribution in [0.15, 0.2) is 30.7 Å². The lowest BCUT2D eigenvalue weighted by molar-refractivity contribution is 0.309. The number of fused-ring (bicyclic) bond motifs is 1. The molecule has 4 heteroatoms. The topological polar surface area (TPSA) is 33.1 Å². The van der Waals surface area contributed by atoms with Gasteiger partial charge in [-0.3, -0.25) is 0 Å². The van der Waals surface area contributed by atoms with Crippen LogP contribution in [-0.4, -0.2) is 40.6 Å². The highest BCUT2D eigenvalue weighted by Gasteiger charge is 2.25. The number of hydrogen-bond acceptors (Lipinski definition) is 3. The number of para-hydroxylation sites is 1. The Kier molecular flexibility index (Phi) is 3.19. The van der Waals surface area contributed by atoms with Gasteiger partial charge in [-0.15, -0.1) is 0 Å². The first-order valence-corrected chi connectivity index (χ1v) is 7.89. The number of benzene rings is 1. The van der Waals surface area contributed by atoms with Crippen molar-refractivity contribution >= 4 is 5.69 Å². The minimum absolute atomic E-state index is 0.819. The van der Waals surface area contributed by atoms with E-state index in [-0.39, 0.29) is 0 Å². The Labute approximate surface area is 125 Å². The molecule has 21 heavy (non-hydrogen) atoms. The van der Waals surface area contributed by atoms with Crippen LogP contribution in [0.25, 0.3) is 11.3 Å². The Morgan fingerprint density at radius 1 is 1.38 bits per heavy atom. The van der Waals surface area contributed by atoms with E-state index in [4.69, 9.17) is 0 Å². The average Bonchev–Trinajstić information content (AvgIpc) is 3.07. The van der Waals surface area contributed by atoms with Crippen molar-refractivity contribution in [2.75, 3.05) is 25.5 Å². The molecule has 1 N–H and O–H groups in total. The molecule has 0 spiro atoms. The summed E-state index contributed by atoms with van der Waals surface area (Å²) in [6.45, 7) is 3.15. The number of nitrogens with zero attached hydrogens (tertiary/aromatic N) is 3. The van der Waals surface area contributed by atoms with Crippen LogP contribution in [-0.2, 0) is 13.0 Å². The third kappa shape index (κ3) is 2.44. The largest absolute Gasteiger partial charge is 0.384 e.